The highest BCUT2D eigenvalue weighted by Gasteiger charge is 2.11. The molecule has 2 N–H and O–H groups in total. The summed E-state index contributed by atoms with van der Waals surface area (Å²) in [5, 5.41) is 7.51. The molecular formula is C18H14ClN3O2. The number of benzene rings is 2. The molecule has 0 atom stereocenters. The van der Waals surface area contributed by atoms with Crippen molar-refractivity contribution in [2.75, 3.05) is 11.9 Å². The highest BCUT2D eigenvalue weighted by molar-refractivity contribution is 6.33. The number of carbonyl (C=O) groups excluding carboxylic acids is 2. The van der Waals surface area contributed by atoms with Crippen LogP contribution in [-0.2, 0) is 4.79 Å². The first-order chi connectivity index (χ1) is 11.6. The fraction of sp³-hybridized carbons (Fsp3) is 0.0556. The average molecular weight is 340 g/mol. The Hall–Kier alpha value is -2.92. The number of anilines is 1. The predicted molar refractivity (Wildman–Crippen MR) is 94.2 cm³/mol. The molecule has 5 nitrogen and oxygen atoms in total. The summed E-state index contributed by atoms with van der Waals surface area (Å²) in [5.74, 6) is -0.711. The Bertz CT molecular complexity index is 906. The van der Waals surface area contributed by atoms with E-state index in [1.165, 1.54) is 0 Å². The van der Waals surface area contributed by atoms with Gasteiger partial charge in [0.15, 0.2) is 0 Å². The van der Waals surface area contributed by atoms with Crippen molar-refractivity contribution in [2.24, 2.45) is 0 Å². The van der Waals surface area contributed by atoms with Gasteiger partial charge in [-0.2, -0.15) is 0 Å². The molecule has 6 heteroatoms. The predicted octanol–water partition coefficient (Wildman–Crippen LogP) is 3.26. The van der Waals surface area contributed by atoms with Gasteiger partial charge in [-0.05, 0) is 24.3 Å². The zero-order valence-corrected chi connectivity index (χ0v) is 13.4. The quantitative estimate of drug-likeness (QED) is 0.766. The molecule has 0 fully saturated rings. The van der Waals surface area contributed by atoms with Crippen molar-refractivity contribution in [2.45, 2.75) is 0 Å². The van der Waals surface area contributed by atoms with E-state index in [9.17, 15) is 9.59 Å². The number of pyridine rings is 1. The number of fused-ring (bicyclic) bond motifs is 1. The molecule has 1 aromatic heterocycles. The molecule has 0 radical (unpaired) electrons. The van der Waals surface area contributed by atoms with E-state index >= 15 is 0 Å². The van der Waals surface area contributed by atoms with Crippen molar-refractivity contribution in [1.82, 2.24) is 10.3 Å². The van der Waals surface area contributed by atoms with Crippen molar-refractivity contribution < 1.29 is 9.59 Å². The lowest BCUT2D eigenvalue weighted by Crippen LogP contribution is -2.33. The number of nitrogens with one attached hydrogen (secondary N) is 2. The summed E-state index contributed by atoms with van der Waals surface area (Å²) in [6.07, 6.45) is 3.39. The van der Waals surface area contributed by atoms with Crippen LogP contribution in [0.3, 0.4) is 0 Å². The maximum Gasteiger partial charge on any atom is 0.253 e. The van der Waals surface area contributed by atoms with Crippen LogP contribution in [0.15, 0.2) is 60.9 Å². The highest BCUT2D eigenvalue weighted by Crippen LogP contribution is 2.22. The zero-order chi connectivity index (χ0) is 16.9. The van der Waals surface area contributed by atoms with Crippen LogP contribution in [-0.4, -0.2) is 23.3 Å². The van der Waals surface area contributed by atoms with Crippen molar-refractivity contribution in [1.29, 1.82) is 0 Å². The van der Waals surface area contributed by atoms with Crippen LogP contribution >= 0.6 is 11.6 Å². The van der Waals surface area contributed by atoms with E-state index in [1.54, 1.807) is 42.7 Å². The number of nitrogens with zero attached hydrogens (tertiary/aromatic N) is 1. The normalized spacial score (nSPS) is 10.4. The second-order valence-corrected chi connectivity index (χ2v) is 5.52. The van der Waals surface area contributed by atoms with Crippen LogP contribution in [0.2, 0.25) is 5.02 Å². The second-order valence-electron chi connectivity index (χ2n) is 5.11. The largest absolute Gasteiger partial charge is 0.343 e. The van der Waals surface area contributed by atoms with Gasteiger partial charge in [0, 0.05) is 28.9 Å². The van der Waals surface area contributed by atoms with E-state index in [-0.39, 0.29) is 12.5 Å². The molecule has 0 bridgehead atoms. The number of rotatable bonds is 4. The number of amides is 2. The molecule has 0 spiro atoms. The van der Waals surface area contributed by atoms with E-state index in [4.69, 9.17) is 11.6 Å². The van der Waals surface area contributed by atoms with Crippen LogP contribution in [0.1, 0.15) is 10.4 Å². The molecule has 0 saturated heterocycles. The van der Waals surface area contributed by atoms with Gasteiger partial charge in [-0.15, -0.1) is 0 Å². The highest BCUT2D eigenvalue weighted by atomic mass is 35.5. The first-order valence-corrected chi connectivity index (χ1v) is 7.68. The summed E-state index contributed by atoms with van der Waals surface area (Å²) in [5.41, 5.74) is 1.01. The Morgan fingerprint density at radius 1 is 1.04 bits per heavy atom. The summed E-state index contributed by atoms with van der Waals surface area (Å²) in [6.45, 7) is -0.147. The topological polar surface area (TPSA) is 71.1 Å². The summed E-state index contributed by atoms with van der Waals surface area (Å²) in [7, 11) is 0. The van der Waals surface area contributed by atoms with Crippen molar-refractivity contribution in [3.05, 3.63) is 71.5 Å². The Morgan fingerprint density at radius 3 is 2.71 bits per heavy atom. The van der Waals surface area contributed by atoms with E-state index in [1.807, 2.05) is 18.2 Å². The fourth-order valence-electron chi connectivity index (χ4n) is 2.33. The van der Waals surface area contributed by atoms with Crippen LogP contribution in [0.4, 0.5) is 5.69 Å². The van der Waals surface area contributed by atoms with Gasteiger partial charge in [0.25, 0.3) is 5.91 Å². The monoisotopic (exact) mass is 339 g/mol. The maximum absolute atomic E-state index is 12.1. The summed E-state index contributed by atoms with van der Waals surface area (Å²) in [6, 6.07) is 14.1. The lowest BCUT2D eigenvalue weighted by Gasteiger charge is -2.10. The van der Waals surface area contributed by atoms with Gasteiger partial charge < -0.3 is 10.6 Å². The smallest absolute Gasteiger partial charge is 0.253 e. The average Bonchev–Trinajstić information content (AvgIpc) is 2.60. The van der Waals surface area contributed by atoms with Gasteiger partial charge in [0.1, 0.15) is 0 Å². The van der Waals surface area contributed by atoms with Crippen LogP contribution in [0.5, 0.6) is 0 Å². The third-order valence-corrected chi connectivity index (χ3v) is 3.81. The van der Waals surface area contributed by atoms with E-state index in [2.05, 4.69) is 15.6 Å². The second kappa shape index (κ2) is 7.10. The lowest BCUT2D eigenvalue weighted by atomic mass is 10.1. The number of halogens is 1. The minimum atomic E-state index is -0.391. The van der Waals surface area contributed by atoms with Gasteiger partial charge in [0.2, 0.25) is 5.91 Å². The molecule has 0 aliphatic heterocycles. The third kappa shape index (κ3) is 3.52. The molecule has 3 rings (SSSR count). The Labute approximate surface area is 143 Å². The first-order valence-electron chi connectivity index (χ1n) is 7.30. The fourth-order valence-corrected chi connectivity index (χ4v) is 2.55. The van der Waals surface area contributed by atoms with Crippen molar-refractivity contribution in [3.8, 4) is 0 Å². The summed E-state index contributed by atoms with van der Waals surface area (Å²) in [4.78, 5) is 28.2. The number of carbonyl (C=O) groups is 2. The molecule has 0 aliphatic carbocycles. The van der Waals surface area contributed by atoms with Crippen LogP contribution < -0.4 is 10.6 Å². The minimum Gasteiger partial charge on any atom is -0.343 e. The van der Waals surface area contributed by atoms with Gasteiger partial charge in [0.05, 0.1) is 17.1 Å². The van der Waals surface area contributed by atoms with Gasteiger partial charge in [-0.25, -0.2) is 0 Å². The Balaban J connectivity index is 1.66. The number of aromatic nitrogens is 1. The summed E-state index contributed by atoms with van der Waals surface area (Å²) < 4.78 is 0. The molecule has 3 aromatic rings. The van der Waals surface area contributed by atoms with Crippen molar-refractivity contribution in [3.63, 3.8) is 0 Å². The molecule has 0 saturated carbocycles. The minimum absolute atomic E-state index is 0.147. The lowest BCUT2D eigenvalue weighted by molar-refractivity contribution is -0.115. The Kier molecular flexibility index (Phi) is 4.72. The van der Waals surface area contributed by atoms with Gasteiger partial charge in [-0.3, -0.25) is 14.6 Å². The standard InChI is InChI=1S/C18H14ClN3O2/c19-15-6-2-1-5-14(15)18(24)21-11-17(23)22-16-7-3-4-12-10-20-9-8-13(12)16/h1-10H,11H2,(H,21,24)(H,22,23). The van der Waals surface area contributed by atoms with Crippen LogP contribution in [0, 0.1) is 0 Å². The van der Waals surface area contributed by atoms with Gasteiger partial charge in [-0.1, -0.05) is 35.9 Å². The number of hydrogen-bond acceptors (Lipinski definition) is 3. The van der Waals surface area contributed by atoms with Gasteiger partial charge >= 0.3 is 0 Å². The molecule has 0 aliphatic rings. The first kappa shape index (κ1) is 16.0. The molecule has 1 heterocycles. The molecule has 24 heavy (non-hydrogen) atoms. The van der Waals surface area contributed by atoms with Crippen molar-refractivity contribution >= 4 is 39.9 Å². The zero-order valence-electron chi connectivity index (χ0n) is 12.6. The third-order valence-electron chi connectivity index (χ3n) is 3.48. The molecule has 120 valence electrons. The maximum atomic E-state index is 12.1. The van der Waals surface area contributed by atoms with E-state index in [0.29, 0.717) is 16.3 Å². The van der Waals surface area contributed by atoms with Crippen LogP contribution in [0.25, 0.3) is 10.8 Å². The number of hydrogen-bond donors (Lipinski definition) is 2. The SMILES string of the molecule is O=C(CNC(=O)c1ccccc1Cl)Nc1cccc2cnccc12. The van der Waals surface area contributed by atoms with E-state index in [0.717, 1.165) is 10.8 Å². The summed E-state index contributed by atoms with van der Waals surface area (Å²) >= 11 is 5.96. The molecule has 2 amide bonds. The molecular weight excluding hydrogens is 326 g/mol. The molecule has 0 unspecified atom stereocenters. The Morgan fingerprint density at radius 2 is 1.88 bits per heavy atom. The van der Waals surface area contributed by atoms with E-state index < -0.39 is 5.91 Å². The molecule has 2 aromatic carbocycles.